The van der Waals surface area contributed by atoms with Crippen molar-refractivity contribution in [2.75, 3.05) is 5.32 Å². The van der Waals surface area contributed by atoms with Crippen LogP contribution in [0, 0.1) is 5.41 Å². The van der Waals surface area contributed by atoms with Crippen LogP contribution in [0.4, 0.5) is 5.69 Å². The summed E-state index contributed by atoms with van der Waals surface area (Å²) in [6.07, 6.45) is 1.23. The molecule has 1 aromatic carbocycles. The van der Waals surface area contributed by atoms with Crippen molar-refractivity contribution >= 4 is 23.2 Å². The molecule has 98 valence electrons. The maximum Gasteiger partial charge on any atom is 0.241 e. The van der Waals surface area contributed by atoms with E-state index in [1.54, 1.807) is 0 Å². The SMILES string of the molecule is CC(=O)Nc1ccc2c(c1)CC1(C)CC(=O)NN=C21. The van der Waals surface area contributed by atoms with E-state index in [2.05, 4.69) is 22.8 Å². The Hall–Kier alpha value is -2.17. The number of hydrogen-bond acceptors (Lipinski definition) is 3. The largest absolute Gasteiger partial charge is 0.326 e. The minimum absolute atomic E-state index is 0.0406. The Labute approximate surface area is 111 Å². The average Bonchev–Trinajstić information content (AvgIpc) is 2.57. The third-order valence-corrected chi connectivity index (χ3v) is 3.68. The maximum absolute atomic E-state index is 11.5. The lowest BCUT2D eigenvalue weighted by molar-refractivity contribution is -0.123. The molecule has 1 aromatic rings. The molecule has 2 N–H and O–H groups in total. The summed E-state index contributed by atoms with van der Waals surface area (Å²) in [5.74, 6) is -0.128. The zero-order valence-corrected chi connectivity index (χ0v) is 10.9. The second kappa shape index (κ2) is 3.91. The Morgan fingerprint density at radius 3 is 2.95 bits per heavy atom. The van der Waals surface area contributed by atoms with Crippen molar-refractivity contribution < 1.29 is 9.59 Å². The molecule has 0 saturated heterocycles. The van der Waals surface area contributed by atoms with E-state index in [4.69, 9.17) is 0 Å². The van der Waals surface area contributed by atoms with E-state index in [0.29, 0.717) is 6.42 Å². The summed E-state index contributed by atoms with van der Waals surface area (Å²) in [6, 6.07) is 5.79. The van der Waals surface area contributed by atoms with Crippen molar-refractivity contribution in [3.05, 3.63) is 29.3 Å². The van der Waals surface area contributed by atoms with E-state index in [9.17, 15) is 9.59 Å². The molecule has 0 saturated carbocycles. The molecule has 1 heterocycles. The number of hydrazone groups is 1. The van der Waals surface area contributed by atoms with Crippen LogP contribution in [0.25, 0.3) is 0 Å². The first kappa shape index (κ1) is 11.9. The first-order chi connectivity index (χ1) is 8.98. The first-order valence-corrected chi connectivity index (χ1v) is 6.26. The van der Waals surface area contributed by atoms with Crippen LogP contribution in [0.3, 0.4) is 0 Å². The molecule has 0 fully saturated rings. The fourth-order valence-corrected chi connectivity index (χ4v) is 2.93. The van der Waals surface area contributed by atoms with Gasteiger partial charge in [-0.3, -0.25) is 9.59 Å². The predicted octanol–water partition coefficient (Wildman–Crippen LogP) is 1.43. The lowest BCUT2D eigenvalue weighted by Crippen LogP contribution is -2.38. The van der Waals surface area contributed by atoms with Crippen LogP contribution in [-0.2, 0) is 16.0 Å². The Morgan fingerprint density at radius 2 is 2.21 bits per heavy atom. The second-order valence-electron chi connectivity index (χ2n) is 5.46. The molecule has 2 amide bonds. The Bertz CT molecular complexity index is 621. The third kappa shape index (κ3) is 1.91. The Kier molecular flexibility index (Phi) is 2.45. The van der Waals surface area contributed by atoms with Gasteiger partial charge < -0.3 is 5.32 Å². The molecule has 0 spiro atoms. The minimum Gasteiger partial charge on any atom is -0.326 e. The van der Waals surface area contributed by atoms with Crippen LogP contribution in [0.2, 0.25) is 0 Å². The summed E-state index contributed by atoms with van der Waals surface area (Å²) >= 11 is 0. The summed E-state index contributed by atoms with van der Waals surface area (Å²) in [6.45, 7) is 3.55. The topological polar surface area (TPSA) is 70.6 Å². The Morgan fingerprint density at radius 1 is 1.42 bits per heavy atom. The third-order valence-electron chi connectivity index (χ3n) is 3.68. The lowest BCUT2D eigenvalue weighted by atomic mass is 9.81. The fraction of sp³-hybridized carbons (Fsp3) is 0.357. The Balaban J connectivity index is 2.01. The number of rotatable bonds is 1. The van der Waals surface area contributed by atoms with Crippen molar-refractivity contribution in [3.8, 4) is 0 Å². The van der Waals surface area contributed by atoms with Gasteiger partial charge >= 0.3 is 0 Å². The fourth-order valence-electron chi connectivity index (χ4n) is 2.93. The van der Waals surface area contributed by atoms with E-state index in [1.165, 1.54) is 6.92 Å². The zero-order chi connectivity index (χ0) is 13.6. The molecular weight excluding hydrogens is 242 g/mol. The summed E-state index contributed by atoms with van der Waals surface area (Å²) in [7, 11) is 0. The van der Waals surface area contributed by atoms with Gasteiger partial charge in [0, 0.05) is 30.0 Å². The van der Waals surface area contributed by atoms with Crippen molar-refractivity contribution in [2.45, 2.75) is 26.7 Å². The quantitative estimate of drug-likeness (QED) is 0.799. The number of carbonyl (C=O) groups excluding carboxylic acids is 2. The summed E-state index contributed by atoms with van der Waals surface area (Å²) in [5.41, 5.74) is 6.24. The number of hydrogen-bond donors (Lipinski definition) is 2. The van der Waals surface area contributed by atoms with Crippen LogP contribution in [0.15, 0.2) is 23.3 Å². The van der Waals surface area contributed by atoms with Crippen LogP contribution in [0.1, 0.15) is 31.4 Å². The second-order valence-corrected chi connectivity index (χ2v) is 5.46. The van der Waals surface area contributed by atoms with Crippen molar-refractivity contribution in [1.29, 1.82) is 0 Å². The molecule has 1 unspecified atom stereocenters. The molecule has 5 nitrogen and oxygen atoms in total. The monoisotopic (exact) mass is 257 g/mol. The number of carbonyl (C=O) groups is 2. The van der Waals surface area contributed by atoms with Crippen molar-refractivity contribution in [3.63, 3.8) is 0 Å². The molecule has 2 aliphatic rings. The molecule has 0 radical (unpaired) electrons. The number of amides is 2. The number of nitrogens with zero attached hydrogens (tertiary/aromatic N) is 1. The highest BCUT2D eigenvalue weighted by Gasteiger charge is 2.43. The average molecular weight is 257 g/mol. The molecule has 0 bridgehead atoms. The van der Waals surface area contributed by atoms with Gasteiger partial charge in [-0.25, -0.2) is 5.43 Å². The van der Waals surface area contributed by atoms with E-state index in [-0.39, 0.29) is 17.2 Å². The number of fused-ring (bicyclic) bond motifs is 3. The highest BCUT2D eigenvalue weighted by Crippen LogP contribution is 2.42. The van der Waals surface area contributed by atoms with Crippen molar-refractivity contribution in [2.24, 2.45) is 10.5 Å². The first-order valence-electron chi connectivity index (χ1n) is 6.26. The molecule has 5 heteroatoms. The van der Waals surface area contributed by atoms with Gasteiger partial charge in [0.2, 0.25) is 11.8 Å². The highest BCUT2D eigenvalue weighted by molar-refractivity contribution is 6.12. The molecule has 1 atom stereocenters. The van der Waals surface area contributed by atoms with Gasteiger partial charge in [0.1, 0.15) is 0 Å². The molecular formula is C14H15N3O2. The normalized spacial score (nSPS) is 24.1. The van der Waals surface area contributed by atoms with Crippen LogP contribution >= 0.6 is 0 Å². The summed E-state index contributed by atoms with van der Waals surface area (Å²) in [5, 5.41) is 6.98. The van der Waals surface area contributed by atoms with E-state index in [1.807, 2.05) is 18.2 Å². The van der Waals surface area contributed by atoms with E-state index in [0.717, 1.165) is 28.9 Å². The predicted molar refractivity (Wildman–Crippen MR) is 71.9 cm³/mol. The van der Waals surface area contributed by atoms with Gasteiger partial charge in [-0.15, -0.1) is 0 Å². The van der Waals surface area contributed by atoms with Crippen LogP contribution in [0.5, 0.6) is 0 Å². The van der Waals surface area contributed by atoms with Crippen molar-refractivity contribution in [1.82, 2.24) is 5.43 Å². The highest BCUT2D eigenvalue weighted by atomic mass is 16.2. The smallest absolute Gasteiger partial charge is 0.241 e. The minimum atomic E-state index is -0.223. The number of benzene rings is 1. The van der Waals surface area contributed by atoms with Gasteiger partial charge in [-0.1, -0.05) is 13.0 Å². The number of anilines is 1. The van der Waals surface area contributed by atoms with Gasteiger partial charge in [-0.2, -0.15) is 5.10 Å². The molecule has 1 aliphatic carbocycles. The van der Waals surface area contributed by atoms with E-state index >= 15 is 0 Å². The van der Waals surface area contributed by atoms with Gasteiger partial charge in [0.15, 0.2) is 0 Å². The summed E-state index contributed by atoms with van der Waals surface area (Å²) in [4.78, 5) is 22.6. The van der Waals surface area contributed by atoms with E-state index < -0.39 is 0 Å². The van der Waals surface area contributed by atoms with Gasteiger partial charge in [0.05, 0.1) is 5.71 Å². The van der Waals surface area contributed by atoms with Crippen LogP contribution in [-0.4, -0.2) is 17.5 Å². The zero-order valence-electron chi connectivity index (χ0n) is 10.9. The molecule has 19 heavy (non-hydrogen) atoms. The van der Waals surface area contributed by atoms with Crippen LogP contribution < -0.4 is 10.7 Å². The number of nitrogens with one attached hydrogen (secondary N) is 2. The molecule has 1 aliphatic heterocycles. The summed E-state index contributed by atoms with van der Waals surface area (Å²) < 4.78 is 0. The van der Waals surface area contributed by atoms with Gasteiger partial charge in [0.25, 0.3) is 0 Å². The lowest BCUT2D eigenvalue weighted by Gasteiger charge is -2.27. The molecule has 0 aromatic heterocycles. The maximum atomic E-state index is 11.5. The molecule has 3 rings (SSSR count). The van der Waals surface area contributed by atoms with Gasteiger partial charge in [-0.05, 0) is 24.1 Å². The standard InChI is InChI=1S/C14H15N3O2/c1-8(18)15-10-3-4-11-9(5-10)6-14(2)7-12(19)16-17-13(11)14/h3-5H,6-7H2,1-2H3,(H,15,18)(H,16,19).